The first kappa shape index (κ1) is 15.4. The second-order valence-electron chi connectivity index (χ2n) is 4.50. The summed E-state index contributed by atoms with van der Waals surface area (Å²) in [5.41, 5.74) is -0.947. The molecular weight excluding hydrogens is 249 g/mol. The van der Waals surface area contributed by atoms with E-state index in [1.807, 2.05) is 6.92 Å². The van der Waals surface area contributed by atoms with Crippen molar-refractivity contribution in [3.8, 4) is 5.75 Å². The number of carbonyl (C=O) groups is 1. The van der Waals surface area contributed by atoms with E-state index in [9.17, 15) is 9.18 Å². The fourth-order valence-electron chi connectivity index (χ4n) is 1.59. The molecule has 0 radical (unpaired) electrons. The third-order valence-corrected chi connectivity index (χ3v) is 2.72. The number of hydrogen-bond donors (Lipinski definition) is 1. The molecule has 106 valence electrons. The van der Waals surface area contributed by atoms with Gasteiger partial charge in [-0.25, -0.2) is 9.18 Å². The Morgan fingerprint density at radius 3 is 2.79 bits per heavy atom. The number of hydrogen-bond acceptors (Lipinski definition) is 4. The molecule has 1 rings (SSSR count). The zero-order valence-electron chi connectivity index (χ0n) is 11.5. The van der Waals surface area contributed by atoms with Crippen LogP contribution in [0.1, 0.15) is 20.3 Å². The van der Waals surface area contributed by atoms with E-state index in [4.69, 9.17) is 9.47 Å². The Morgan fingerprint density at radius 2 is 2.21 bits per heavy atom. The summed E-state index contributed by atoms with van der Waals surface area (Å²) in [5, 5.41) is 3.09. The molecule has 0 aromatic heterocycles. The first-order chi connectivity index (χ1) is 9.01. The van der Waals surface area contributed by atoms with Crippen LogP contribution in [0.15, 0.2) is 24.3 Å². The molecule has 0 saturated carbocycles. The van der Waals surface area contributed by atoms with Gasteiger partial charge >= 0.3 is 5.97 Å². The zero-order chi connectivity index (χ0) is 14.3. The van der Waals surface area contributed by atoms with Crippen molar-refractivity contribution in [2.24, 2.45) is 0 Å². The molecule has 1 atom stereocenters. The van der Waals surface area contributed by atoms with Gasteiger partial charge in [-0.3, -0.25) is 5.32 Å². The monoisotopic (exact) mass is 269 g/mol. The van der Waals surface area contributed by atoms with E-state index in [1.165, 1.54) is 19.2 Å². The van der Waals surface area contributed by atoms with E-state index in [1.54, 1.807) is 19.1 Å². The highest BCUT2D eigenvalue weighted by molar-refractivity contribution is 5.80. The summed E-state index contributed by atoms with van der Waals surface area (Å²) < 4.78 is 23.3. The molecule has 1 unspecified atom stereocenters. The molecule has 1 N–H and O–H groups in total. The minimum absolute atomic E-state index is 0.0725. The molecule has 0 bridgehead atoms. The number of ether oxygens (including phenoxy) is 2. The van der Waals surface area contributed by atoms with Crippen LogP contribution in [0, 0.1) is 5.82 Å². The molecule has 0 fully saturated rings. The van der Waals surface area contributed by atoms with Crippen LogP contribution in [-0.2, 0) is 9.53 Å². The first-order valence-electron chi connectivity index (χ1n) is 6.23. The molecule has 0 amide bonds. The Morgan fingerprint density at radius 1 is 1.47 bits per heavy atom. The quantitative estimate of drug-likeness (QED) is 0.770. The minimum atomic E-state index is -0.947. The number of esters is 1. The topological polar surface area (TPSA) is 47.6 Å². The third-order valence-electron chi connectivity index (χ3n) is 2.72. The molecule has 4 nitrogen and oxygen atoms in total. The number of nitrogens with one attached hydrogen (secondary N) is 1. The van der Waals surface area contributed by atoms with Gasteiger partial charge in [0.15, 0.2) is 0 Å². The van der Waals surface area contributed by atoms with E-state index >= 15 is 0 Å². The van der Waals surface area contributed by atoms with Gasteiger partial charge in [-0.1, -0.05) is 13.0 Å². The minimum Gasteiger partial charge on any atom is -0.491 e. The first-order valence-corrected chi connectivity index (χ1v) is 6.23. The Labute approximate surface area is 112 Å². The molecule has 0 spiro atoms. The molecule has 19 heavy (non-hydrogen) atoms. The number of methoxy groups -OCH3 is 1. The zero-order valence-corrected chi connectivity index (χ0v) is 11.5. The Balaban J connectivity index is 2.70. The largest absolute Gasteiger partial charge is 0.491 e. The maximum Gasteiger partial charge on any atom is 0.329 e. The molecule has 0 aliphatic carbocycles. The standard InChI is InChI=1S/C14H20FNO3/c1-4-8-16-14(2,13(17)18-3)10-19-12-7-5-6-11(15)9-12/h5-7,9,16H,4,8,10H2,1-3H3. The molecule has 0 saturated heterocycles. The molecule has 0 heterocycles. The van der Waals surface area contributed by atoms with Crippen LogP contribution in [0.5, 0.6) is 5.75 Å². The van der Waals surface area contributed by atoms with Gasteiger partial charge in [0, 0.05) is 6.07 Å². The van der Waals surface area contributed by atoms with Crippen molar-refractivity contribution >= 4 is 5.97 Å². The van der Waals surface area contributed by atoms with E-state index in [0.29, 0.717) is 12.3 Å². The maximum absolute atomic E-state index is 13.0. The van der Waals surface area contributed by atoms with Crippen molar-refractivity contribution in [1.82, 2.24) is 5.32 Å². The van der Waals surface area contributed by atoms with Gasteiger partial charge in [0.1, 0.15) is 23.7 Å². The highest BCUT2D eigenvalue weighted by Gasteiger charge is 2.34. The van der Waals surface area contributed by atoms with E-state index < -0.39 is 11.5 Å². The van der Waals surface area contributed by atoms with Crippen molar-refractivity contribution < 1.29 is 18.7 Å². The summed E-state index contributed by atoms with van der Waals surface area (Å²) in [6.45, 7) is 4.44. The van der Waals surface area contributed by atoms with Gasteiger partial charge < -0.3 is 9.47 Å². The summed E-state index contributed by atoms with van der Waals surface area (Å²) in [5.74, 6) is -0.399. The van der Waals surface area contributed by atoms with E-state index in [2.05, 4.69) is 5.32 Å². The van der Waals surface area contributed by atoms with Gasteiger partial charge in [-0.2, -0.15) is 0 Å². The molecule has 1 aromatic carbocycles. The number of benzene rings is 1. The third kappa shape index (κ3) is 4.52. The molecule has 5 heteroatoms. The van der Waals surface area contributed by atoms with Gasteiger partial charge in [0.2, 0.25) is 0 Å². The fourth-order valence-corrected chi connectivity index (χ4v) is 1.59. The van der Waals surface area contributed by atoms with Gasteiger partial charge in [0.25, 0.3) is 0 Å². The van der Waals surface area contributed by atoms with Crippen LogP contribution < -0.4 is 10.1 Å². The lowest BCUT2D eigenvalue weighted by molar-refractivity contribution is -0.149. The number of carbonyl (C=O) groups excluding carboxylic acids is 1. The lowest BCUT2D eigenvalue weighted by atomic mass is 10.0. The number of rotatable bonds is 7. The smallest absolute Gasteiger partial charge is 0.329 e. The molecule has 0 aliphatic rings. The average molecular weight is 269 g/mol. The van der Waals surface area contributed by atoms with Crippen molar-refractivity contribution in [2.45, 2.75) is 25.8 Å². The van der Waals surface area contributed by atoms with Gasteiger partial charge in [-0.15, -0.1) is 0 Å². The van der Waals surface area contributed by atoms with E-state index in [0.717, 1.165) is 6.42 Å². The Hall–Kier alpha value is -1.62. The second kappa shape index (κ2) is 7.09. The van der Waals surface area contributed by atoms with Crippen LogP contribution >= 0.6 is 0 Å². The molecular formula is C14H20FNO3. The second-order valence-corrected chi connectivity index (χ2v) is 4.50. The van der Waals surface area contributed by atoms with Gasteiger partial charge in [0.05, 0.1) is 7.11 Å². The van der Waals surface area contributed by atoms with Crippen molar-refractivity contribution in [1.29, 1.82) is 0 Å². The van der Waals surface area contributed by atoms with Crippen LogP contribution in [0.3, 0.4) is 0 Å². The summed E-state index contributed by atoms with van der Waals surface area (Å²) in [7, 11) is 1.33. The summed E-state index contributed by atoms with van der Waals surface area (Å²) >= 11 is 0. The van der Waals surface area contributed by atoms with Crippen LogP contribution in [0.4, 0.5) is 4.39 Å². The number of halogens is 1. The summed E-state index contributed by atoms with van der Waals surface area (Å²) in [6, 6.07) is 5.80. The van der Waals surface area contributed by atoms with Crippen molar-refractivity contribution in [2.75, 3.05) is 20.3 Å². The van der Waals surface area contributed by atoms with Crippen LogP contribution in [0.2, 0.25) is 0 Å². The van der Waals surface area contributed by atoms with Crippen molar-refractivity contribution in [3.63, 3.8) is 0 Å². The van der Waals surface area contributed by atoms with Crippen LogP contribution in [0.25, 0.3) is 0 Å². The Kier molecular flexibility index (Phi) is 5.76. The van der Waals surface area contributed by atoms with Crippen molar-refractivity contribution in [3.05, 3.63) is 30.1 Å². The summed E-state index contributed by atoms with van der Waals surface area (Å²) in [6.07, 6.45) is 0.881. The lowest BCUT2D eigenvalue weighted by Gasteiger charge is -2.27. The summed E-state index contributed by atoms with van der Waals surface area (Å²) in [4.78, 5) is 11.8. The van der Waals surface area contributed by atoms with E-state index in [-0.39, 0.29) is 12.4 Å². The predicted octanol–water partition coefficient (Wildman–Crippen LogP) is 2.14. The molecule has 0 aliphatic heterocycles. The maximum atomic E-state index is 13.0. The van der Waals surface area contributed by atoms with Crippen LogP contribution in [-0.4, -0.2) is 31.8 Å². The average Bonchev–Trinajstić information content (AvgIpc) is 2.42. The predicted molar refractivity (Wildman–Crippen MR) is 70.6 cm³/mol. The highest BCUT2D eigenvalue weighted by Crippen LogP contribution is 2.15. The SMILES string of the molecule is CCCNC(C)(COc1cccc(F)c1)C(=O)OC. The van der Waals surface area contributed by atoms with Gasteiger partial charge in [-0.05, 0) is 32.0 Å². The molecule has 1 aromatic rings. The normalized spacial score (nSPS) is 13.7. The highest BCUT2D eigenvalue weighted by atomic mass is 19.1. The lowest BCUT2D eigenvalue weighted by Crippen LogP contribution is -2.54. The fraction of sp³-hybridized carbons (Fsp3) is 0.500. The Bertz CT molecular complexity index is 425.